The minimum atomic E-state index is -0.904. The summed E-state index contributed by atoms with van der Waals surface area (Å²) in [6.45, 7) is 3.46. The number of carbonyl (C=O) groups is 1. The number of primary amides is 1. The normalized spacial score (nSPS) is 10.9. The van der Waals surface area contributed by atoms with E-state index in [-0.39, 0.29) is 6.54 Å². The van der Waals surface area contributed by atoms with Crippen LogP contribution in [0.5, 0.6) is 0 Å². The van der Waals surface area contributed by atoms with Gasteiger partial charge in [0, 0.05) is 6.54 Å². The summed E-state index contributed by atoms with van der Waals surface area (Å²) in [7, 11) is 0. The van der Waals surface area contributed by atoms with Gasteiger partial charge >= 0.3 is 0 Å². The number of nitrogens with two attached hydrogens (primary N) is 1. The summed E-state index contributed by atoms with van der Waals surface area (Å²) in [6, 6.07) is 5.86. The van der Waals surface area contributed by atoms with E-state index >= 15 is 0 Å². The third kappa shape index (κ3) is 3.26. The van der Waals surface area contributed by atoms with Crippen LogP contribution in [0.2, 0.25) is 0 Å². The van der Waals surface area contributed by atoms with Crippen LogP contribution in [0.4, 0.5) is 4.39 Å². The highest BCUT2D eigenvalue weighted by Gasteiger charge is 2.24. The molecule has 0 aliphatic rings. The monoisotopic (exact) mass is 235 g/mol. The highest BCUT2D eigenvalue weighted by atomic mass is 19.1. The van der Waals surface area contributed by atoms with Crippen molar-refractivity contribution in [3.63, 3.8) is 0 Å². The molecule has 1 aromatic rings. The molecule has 0 radical (unpaired) electrons. The first-order chi connectivity index (χ1) is 7.86. The van der Waals surface area contributed by atoms with Crippen LogP contribution in [-0.2, 0) is 11.3 Å². The van der Waals surface area contributed by atoms with Gasteiger partial charge in [0.2, 0.25) is 5.91 Å². The minimum Gasteiger partial charge on any atom is -0.368 e. The van der Waals surface area contributed by atoms with E-state index in [1.807, 2.05) is 6.07 Å². The molecule has 4 nitrogen and oxygen atoms in total. The molecular formula is C12H14FN3O. The molecule has 0 aromatic heterocycles. The van der Waals surface area contributed by atoms with Gasteiger partial charge in [0.05, 0.1) is 17.2 Å². The van der Waals surface area contributed by atoms with Gasteiger partial charge in [-0.15, -0.1) is 0 Å². The zero-order valence-corrected chi connectivity index (χ0v) is 9.75. The quantitative estimate of drug-likeness (QED) is 0.818. The summed E-state index contributed by atoms with van der Waals surface area (Å²) in [5, 5.41) is 11.7. The summed E-state index contributed by atoms with van der Waals surface area (Å²) >= 11 is 0. The number of halogens is 1. The molecule has 0 bridgehead atoms. The van der Waals surface area contributed by atoms with E-state index in [0.717, 1.165) is 0 Å². The first-order valence-corrected chi connectivity index (χ1v) is 5.10. The van der Waals surface area contributed by atoms with Crippen LogP contribution >= 0.6 is 0 Å². The molecule has 0 unspecified atom stereocenters. The molecule has 90 valence electrons. The minimum absolute atomic E-state index is 0.205. The molecule has 0 aliphatic carbocycles. The third-order valence-corrected chi connectivity index (χ3v) is 2.52. The maximum Gasteiger partial charge on any atom is 0.237 e. The van der Waals surface area contributed by atoms with Crippen LogP contribution in [0.3, 0.4) is 0 Å². The zero-order chi connectivity index (χ0) is 13.1. The van der Waals surface area contributed by atoms with E-state index in [1.54, 1.807) is 13.8 Å². The van der Waals surface area contributed by atoms with Gasteiger partial charge in [-0.25, -0.2) is 4.39 Å². The number of hydrogen-bond acceptors (Lipinski definition) is 3. The SMILES string of the molecule is CC(C)(NCc1cc(F)ccc1C#N)C(N)=O. The first-order valence-electron chi connectivity index (χ1n) is 5.10. The lowest BCUT2D eigenvalue weighted by molar-refractivity contribution is -0.123. The Morgan fingerprint density at radius 3 is 2.76 bits per heavy atom. The van der Waals surface area contributed by atoms with Crippen LogP contribution in [0.15, 0.2) is 18.2 Å². The number of rotatable bonds is 4. The topological polar surface area (TPSA) is 78.9 Å². The molecule has 0 aliphatic heterocycles. The summed E-state index contributed by atoms with van der Waals surface area (Å²) in [5.74, 6) is -0.926. The third-order valence-electron chi connectivity index (χ3n) is 2.52. The number of nitriles is 1. The van der Waals surface area contributed by atoms with E-state index in [0.29, 0.717) is 11.1 Å². The molecular weight excluding hydrogens is 221 g/mol. The molecule has 0 saturated heterocycles. The van der Waals surface area contributed by atoms with Crippen LogP contribution in [-0.4, -0.2) is 11.4 Å². The molecule has 0 atom stereocenters. The van der Waals surface area contributed by atoms with Gasteiger partial charge in [0.1, 0.15) is 5.82 Å². The Morgan fingerprint density at radius 1 is 1.59 bits per heavy atom. The van der Waals surface area contributed by atoms with Gasteiger partial charge in [-0.3, -0.25) is 10.1 Å². The van der Waals surface area contributed by atoms with Gasteiger partial charge in [-0.1, -0.05) is 0 Å². The maximum atomic E-state index is 13.0. The summed E-state index contributed by atoms with van der Waals surface area (Å²) in [6.07, 6.45) is 0. The number of amides is 1. The molecule has 5 heteroatoms. The smallest absolute Gasteiger partial charge is 0.237 e. The predicted molar refractivity (Wildman–Crippen MR) is 61.2 cm³/mol. The molecule has 1 rings (SSSR count). The molecule has 0 heterocycles. The lowest BCUT2D eigenvalue weighted by atomic mass is 10.0. The number of carbonyl (C=O) groups excluding carboxylic acids is 1. The van der Waals surface area contributed by atoms with Gasteiger partial charge in [0.25, 0.3) is 0 Å². The maximum absolute atomic E-state index is 13.0. The molecule has 0 spiro atoms. The summed E-state index contributed by atoms with van der Waals surface area (Å²) in [4.78, 5) is 11.1. The van der Waals surface area contributed by atoms with Crippen LogP contribution in [0.1, 0.15) is 25.0 Å². The average Bonchev–Trinajstić information content (AvgIpc) is 2.26. The highest BCUT2D eigenvalue weighted by molar-refractivity contribution is 5.83. The Hall–Kier alpha value is -1.93. The molecule has 3 N–H and O–H groups in total. The van der Waals surface area contributed by atoms with Crippen molar-refractivity contribution in [2.24, 2.45) is 5.73 Å². The van der Waals surface area contributed by atoms with Crippen molar-refractivity contribution < 1.29 is 9.18 Å². The van der Waals surface area contributed by atoms with E-state index in [1.165, 1.54) is 18.2 Å². The molecule has 0 fully saturated rings. The second-order valence-electron chi connectivity index (χ2n) is 4.26. The van der Waals surface area contributed by atoms with Crippen molar-refractivity contribution in [3.8, 4) is 6.07 Å². The number of nitrogens with zero attached hydrogens (tertiary/aromatic N) is 1. The standard InChI is InChI=1S/C12H14FN3O/c1-12(2,11(15)17)16-7-9-5-10(13)4-3-8(9)6-14/h3-5,16H,7H2,1-2H3,(H2,15,17). The zero-order valence-electron chi connectivity index (χ0n) is 9.75. The lowest BCUT2D eigenvalue weighted by Crippen LogP contribution is -2.50. The lowest BCUT2D eigenvalue weighted by Gasteiger charge is -2.22. The van der Waals surface area contributed by atoms with Gasteiger partial charge in [0.15, 0.2) is 0 Å². The fourth-order valence-electron chi connectivity index (χ4n) is 1.22. The molecule has 17 heavy (non-hydrogen) atoms. The molecule has 0 saturated carbocycles. The summed E-state index contributed by atoms with van der Waals surface area (Å²) in [5.41, 5.74) is 5.17. The van der Waals surface area contributed by atoms with Crippen molar-refractivity contribution in [2.75, 3.05) is 0 Å². The Labute approximate surface area is 99.2 Å². The second-order valence-corrected chi connectivity index (χ2v) is 4.26. The summed E-state index contributed by atoms with van der Waals surface area (Å²) < 4.78 is 13.0. The largest absolute Gasteiger partial charge is 0.368 e. The van der Waals surface area contributed by atoms with Crippen molar-refractivity contribution in [1.29, 1.82) is 5.26 Å². The fraction of sp³-hybridized carbons (Fsp3) is 0.333. The number of nitrogens with one attached hydrogen (secondary N) is 1. The van der Waals surface area contributed by atoms with E-state index < -0.39 is 17.3 Å². The van der Waals surface area contributed by atoms with Crippen molar-refractivity contribution in [1.82, 2.24) is 5.32 Å². The Kier molecular flexibility index (Phi) is 3.81. The number of benzene rings is 1. The molecule has 1 aromatic carbocycles. The van der Waals surface area contributed by atoms with Crippen molar-refractivity contribution >= 4 is 5.91 Å². The highest BCUT2D eigenvalue weighted by Crippen LogP contribution is 2.12. The Morgan fingerprint density at radius 2 is 2.24 bits per heavy atom. The Balaban J connectivity index is 2.86. The second kappa shape index (κ2) is 4.93. The van der Waals surface area contributed by atoms with Gasteiger partial charge < -0.3 is 5.73 Å². The van der Waals surface area contributed by atoms with Gasteiger partial charge in [-0.2, -0.15) is 5.26 Å². The first kappa shape index (κ1) is 13.1. The van der Waals surface area contributed by atoms with Gasteiger partial charge in [-0.05, 0) is 37.6 Å². The van der Waals surface area contributed by atoms with Crippen molar-refractivity contribution in [3.05, 3.63) is 35.1 Å². The Bertz CT molecular complexity index is 477. The van der Waals surface area contributed by atoms with Crippen LogP contribution in [0.25, 0.3) is 0 Å². The molecule has 1 amide bonds. The van der Waals surface area contributed by atoms with E-state index in [2.05, 4.69) is 5.32 Å². The van der Waals surface area contributed by atoms with Crippen molar-refractivity contribution in [2.45, 2.75) is 25.9 Å². The average molecular weight is 235 g/mol. The van der Waals surface area contributed by atoms with E-state index in [9.17, 15) is 9.18 Å². The number of hydrogen-bond donors (Lipinski definition) is 2. The van der Waals surface area contributed by atoms with Crippen LogP contribution in [0, 0.1) is 17.1 Å². The van der Waals surface area contributed by atoms with E-state index in [4.69, 9.17) is 11.0 Å². The fourth-order valence-corrected chi connectivity index (χ4v) is 1.22. The predicted octanol–water partition coefficient (Wildman–Crippen LogP) is 1.05. The van der Waals surface area contributed by atoms with Crippen LogP contribution < -0.4 is 11.1 Å².